The van der Waals surface area contributed by atoms with Crippen LogP contribution in [0.1, 0.15) is 81.8 Å². The van der Waals surface area contributed by atoms with Gasteiger partial charge < -0.3 is 29.7 Å². The SMILES string of the molecule is CC1(O[Si](C)(C)C)CC1.CO.O=c1[nH]c(C2CCN(C3CC3)CC2)nc2ccc(Br)nc12.O=c1[nH]c(C2CCNCC2)nc2ccc(Br)nc12. The summed E-state index contributed by atoms with van der Waals surface area (Å²) in [6.07, 6.45) is 9.45. The number of nitrogens with one attached hydrogen (secondary N) is 3. The average Bonchev–Trinajstić information content (AvgIpc) is 4.05. The fourth-order valence-electron chi connectivity index (χ4n) is 6.51. The molecule has 2 saturated carbocycles. The van der Waals surface area contributed by atoms with Gasteiger partial charge in [0.2, 0.25) is 0 Å². The minimum absolute atomic E-state index is 0.138. The van der Waals surface area contributed by atoms with E-state index in [4.69, 9.17) is 9.53 Å². The van der Waals surface area contributed by atoms with E-state index in [2.05, 4.69) is 98.5 Å². The van der Waals surface area contributed by atoms with Crippen molar-refractivity contribution < 1.29 is 9.53 Å². The van der Waals surface area contributed by atoms with Gasteiger partial charge in [0.15, 0.2) is 19.4 Å². The quantitative estimate of drug-likeness (QED) is 0.139. The molecule has 4 aliphatic rings. The molecule has 6 heterocycles. The number of aliphatic hydroxyl groups excluding tert-OH is 1. The minimum atomic E-state index is -1.23. The summed E-state index contributed by atoms with van der Waals surface area (Å²) in [6.45, 7) is 13.1. The van der Waals surface area contributed by atoms with Crippen molar-refractivity contribution in [3.63, 3.8) is 0 Å². The summed E-state index contributed by atoms with van der Waals surface area (Å²) < 4.78 is 7.18. The van der Waals surface area contributed by atoms with Crippen molar-refractivity contribution in [2.75, 3.05) is 33.3 Å². The predicted octanol–water partition coefficient (Wildman–Crippen LogP) is 5.97. The lowest BCUT2D eigenvalue weighted by molar-refractivity contribution is 0.192. The van der Waals surface area contributed by atoms with Gasteiger partial charge in [0.05, 0.1) is 16.6 Å². The van der Waals surface area contributed by atoms with E-state index in [1.165, 1.54) is 25.7 Å². The molecule has 50 heavy (non-hydrogen) atoms. The Morgan fingerprint density at radius 2 is 1.22 bits per heavy atom. The second-order valence-electron chi connectivity index (χ2n) is 14.6. The number of piperidine rings is 2. The number of hydrogen-bond donors (Lipinski definition) is 4. The molecular formula is C35H50Br2N8O4Si. The third kappa shape index (κ3) is 10.8. The Labute approximate surface area is 311 Å². The van der Waals surface area contributed by atoms with E-state index in [0.717, 1.165) is 76.7 Å². The zero-order chi connectivity index (χ0) is 36.1. The smallest absolute Gasteiger partial charge is 0.277 e. The third-order valence-corrected chi connectivity index (χ3v) is 11.3. The summed E-state index contributed by atoms with van der Waals surface area (Å²) in [7, 11) is -0.230. The van der Waals surface area contributed by atoms with E-state index in [1.54, 1.807) is 6.07 Å². The Bertz CT molecular complexity index is 1860. The van der Waals surface area contributed by atoms with E-state index in [0.29, 0.717) is 48.7 Å². The molecule has 2 aliphatic carbocycles. The van der Waals surface area contributed by atoms with E-state index in [1.807, 2.05) is 18.2 Å². The number of rotatable bonds is 5. The van der Waals surface area contributed by atoms with E-state index < -0.39 is 8.32 Å². The molecule has 12 nitrogen and oxygen atoms in total. The van der Waals surface area contributed by atoms with Crippen LogP contribution in [-0.2, 0) is 4.43 Å². The van der Waals surface area contributed by atoms with Crippen LogP contribution in [0.15, 0.2) is 43.1 Å². The van der Waals surface area contributed by atoms with Crippen LogP contribution in [-0.4, -0.2) is 93.2 Å². The zero-order valence-electron chi connectivity index (χ0n) is 29.7. The van der Waals surface area contributed by atoms with Crippen molar-refractivity contribution in [2.45, 2.75) is 101 Å². The van der Waals surface area contributed by atoms with Gasteiger partial charge in [-0.25, -0.2) is 19.9 Å². The minimum Gasteiger partial charge on any atom is -0.412 e. The summed E-state index contributed by atoms with van der Waals surface area (Å²) in [5.74, 6) is 2.32. The first kappa shape index (κ1) is 38.8. The second-order valence-corrected chi connectivity index (χ2v) is 20.7. The van der Waals surface area contributed by atoms with Crippen LogP contribution in [0.3, 0.4) is 0 Å². The largest absolute Gasteiger partial charge is 0.412 e. The summed E-state index contributed by atoms with van der Waals surface area (Å²) >= 11 is 6.55. The molecule has 0 amide bonds. The molecule has 2 aliphatic heterocycles. The van der Waals surface area contributed by atoms with Crippen molar-refractivity contribution >= 4 is 62.2 Å². The van der Waals surface area contributed by atoms with Gasteiger partial charge in [-0.15, -0.1) is 0 Å². The Morgan fingerprint density at radius 3 is 1.62 bits per heavy atom. The van der Waals surface area contributed by atoms with Crippen LogP contribution in [0.25, 0.3) is 22.1 Å². The molecule has 272 valence electrons. The molecule has 8 rings (SSSR count). The Morgan fingerprint density at radius 1 is 0.760 bits per heavy atom. The first-order chi connectivity index (χ1) is 23.9. The Hall–Kier alpha value is -2.40. The van der Waals surface area contributed by atoms with Crippen LogP contribution in [0.2, 0.25) is 19.6 Å². The van der Waals surface area contributed by atoms with Gasteiger partial charge in [0, 0.05) is 25.0 Å². The maximum atomic E-state index is 12.2. The van der Waals surface area contributed by atoms with Gasteiger partial charge in [-0.3, -0.25) is 9.59 Å². The molecule has 2 saturated heterocycles. The average molecular weight is 835 g/mol. The maximum absolute atomic E-state index is 12.2. The molecule has 0 atom stereocenters. The van der Waals surface area contributed by atoms with Crippen LogP contribution < -0.4 is 16.4 Å². The number of fused-ring (bicyclic) bond motifs is 2. The fraction of sp³-hybridized carbons (Fsp3) is 0.600. The first-order valence-electron chi connectivity index (χ1n) is 17.6. The molecule has 0 aromatic carbocycles. The summed E-state index contributed by atoms with van der Waals surface area (Å²) in [5.41, 5.74) is 2.14. The monoisotopic (exact) mass is 832 g/mol. The fourth-order valence-corrected chi connectivity index (χ4v) is 8.82. The molecule has 4 N–H and O–H groups in total. The Kier molecular flexibility index (Phi) is 13.2. The highest BCUT2D eigenvalue weighted by atomic mass is 79.9. The van der Waals surface area contributed by atoms with Gasteiger partial charge in [-0.05, 0) is 160 Å². The van der Waals surface area contributed by atoms with E-state index in [9.17, 15) is 9.59 Å². The summed E-state index contributed by atoms with van der Waals surface area (Å²) in [5, 5.41) is 10.3. The molecule has 0 bridgehead atoms. The number of likely N-dealkylation sites (tertiary alicyclic amines) is 1. The summed E-state index contributed by atoms with van der Waals surface area (Å²) in [6, 6.07) is 8.14. The number of aliphatic hydroxyl groups is 1. The van der Waals surface area contributed by atoms with Crippen LogP contribution in [0, 0.1) is 0 Å². The van der Waals surface area contributed by atoms with Gasteiger partial charge >= 0.3 is 0 Å². The van der Waals surface area contributed by atoms with Gasteiger partial charge in [0.1, 0.15) is 20.9 Å². The molecule has 15 heteroatoms. The third-order valence-electron chi connectivity index (χ3n) is 9.29. The number of aromatic nitrogens is 6. The highest BCUT2D eigenvalue weighted by Crippen LogP contribution is 2.41. The standard InChI is InChI=1S/C15H17BrN4O.C12H13BrN4O.C7H16OSi.CH4O/c16-12-4-3-11-13(18-12)15(21)19-14(17-11)9-5-7-20(8-6-9)10-1-2-10;13-9-2-1-8-10(16-9)12(18)17-11(15-8)7-3-5-14-6-4-7;1-7(5-6-7)8-9(2,3)4;1-2/h3-4,9-10H,1-2,5-8H2,(H,17,19,21);1-2,7,14H,3-6H2,(H,15,17,18);5-6H2,1-4H3;2H,1H3. The van der Waals surface area contributed by atoms with E-state index in [-0.39, 0.29) is 11.1 Å². The first-order valence-corrected chi connectivity index (χ1v) is 22.6. The van der Waals surface area contributed by atoms with Gasteiger partial charge in [0.25, 0.3) is 11.1 Å². The van der Waals surface area contributed by atoms with Gasteiger partial charge in [-0.1, -0.05) is 0 Å². The number of H-pyrrole nitrogens is 2. The number of halogens is 2. The van der Waals surface area contributed by atoms with Crippen LogP contribution in [0.5, 0.6) is 0 Å². The number of hydrogen-bond acceptors (Lipinski definition) is 10. The van der Waals surface area contributed by atoms with E-state index >= 15 is 0 Å². The van der Waals surface area contributed by atoms with Gasteiger partial charge in [-0.2, -0.15) is 0 Å². The lowest BCUT2D eigenvalue weighted by Gasteiger charge is -2.31. The molecule has 0 radical (unpaired) electrons. The molecular weight excluding hydrogens is 784 g/mol. The van der Waals surface area contributed by atoms with Crippen molar-refractivity contribution in [3.8, 4) is 0 Å². The molecule has 4 aromatic heterocycles. The maximum Gasteiger partial charge on any atom is 0.277 e. The lowest BCUT2D eigenvalue weighted by atomic mass is 9.95. The molecule has 0 spiro atoms. The topological polar surface area (TPSA) is 162 Å². The molecule has 4 aromatic rings. The zero-order valence-corrected chi connectivity index (χ0v) is 33.9. The predicted molar refractivity (Wildman–Crippen MR) is 207 cm³/mol. The molecule has 0 unspecified atom stereocenters. The Balaban J connectivity index is 0.000000152. The van der Waals surface area contributed by atoms with Crippen molar-refractivity contribution in [1.82, 2.24) is 40.1 Å². The number of pyridine rings is 2. The number of aromatic amines is 2. The van der Waals surface area contributed by atoms with Crippen LogP contribution >= 0.6 is 31.9 Å². The normalized spacial score (nSPS) is 19.4. The van der Waals surface area contributed by atoms with Crippen molar-refractivity contribution in [2.24, 2.45) is 0 Å². The lowest BCUT2D eigenvalue weighted by Crippen LogP contribution is -2.35. The number of nitrogens with zero attached hydrogens (tertiary/aromatic N) is 5. The molecule has 4 fully saturated rings. The highest BCUT2D eigenvalue weighted by Gasteiger charge is 2.41. The van der Waals surface area contributed by atoms with Crippen molar-refractivity contribution in [1.29, 1.82) is 0 Å². The van der Waals surface area contributed by atoms with Crippen LogP contribution in [0.4, 0.5) is 0 Å². The highest BCUT2D eigenvalue weighted by molar-refractivity contribution is 9.10. The summed E-state index contributed by atoms with van der Waals surface area (Å²) in [4.78, 5) is 50.1. The second kappa shape index (κ2) is 17.0. The van der Waals surface area contributed by atoms with Crippen molar-refractivity contribution in [3.05, 3.63) is 65.8 Å².